The lowest BCUT2D eigenvalue weighted by Gasteiger charge is -2.25. The van der Waals surface area contributed by atoms with Crippen molar-refractivity contribution in [2.24, 2.45) is 0 Å². The fraction of sp³-hybridized carbons (Fsp3) is 0.286. The summed E-state index contributed by atoms with van der Waals surface area (Å²) in [6.07, 6.45) is 0.195. The number of hydrogen-bond acceptors (Lipinski definition) is 4. The van der Waals surface area contributed by atoms with E-state index in [9.17, 15) is 9.59 Å². The SMILES string of the molecule is CCOC(=O)CCN(Cc1ccccc1)C(=S)NC(=O)c1ccccc1C. The van der Waals surface area contributed by atoms with Crippen LogP contribution in [0.4, 0.5) is 0 Å². The van der Waals surface area contributed by atoms with Gasteiger partial charge in [-0.25, -0.2) is 0 Å². The Labute approximate surface area is 165 Å². The predicted octanol–water partition coefficient (Wildman–Crippen LogP) is 3.47. The highest BCUT2D eigenvalue weighted by Crippen LogP contribution is 2.09. The van der Waals surface area contributed by atoms with E-state index in [1.54, 1.807) is 17.9 Å². The van der Waals surface area contributed by atoms with Crippen LogP contribution < -0.4 is 5.32 Å². The number of amides is 1. The minimum atomic E-state index is -0.288. The summed E-state index contributed by atoms with van der Waals surface area (Å²) in [7, 11) is 0. The number of hydrogen-bond donors (Lipinski definition) is 1. The molecule has 0 atom stereocenters. The molecule has 0 radical (unpaired) electrons. The molecule has 0 bridgehead atoms. The van der Waals surface area contributed by atoms with Crippen molar-refractivity contribution in [1.29, 1.82) is 0 Å². The molecule has 2 aromatic carbocycles. The van der Waals surface area contributed by atoms with E-state index < -0.39 is 0 Å². The summed E-state index contributed by atoms with van der Waals surface area (Å²) in [5.41, 5.74) is 2.48. The van der Waals surface area contributed by atoms with Gasteiger partial charge in [0.05, 0.1) is 13.0 Å². The van der Waals surface area contributed by atoms with Crippen LogP contribution in [0.5, 0.6) is 0 Å². The number of thiocarbonyl (C=S) groups is 1. The van der Waals surface area contributed by atoms with Crippen molar-refractivity contribution >= 4 is 29.2 Å². The molecule has 0 heterocycles. The van der Waals surface area contributed by atoms with Gasteiger partial charge in [0, 0.05) is 18.7 Å². The number of benzene rings is 2. The van der Waals surface area contributed by atoms with Gasteiger partial charge in [0.15, 0.2) is 5.11 Å². The molecule has 0 aliphatic heterocycles. The van der Waals surface area contributed by atoms with Crippen LogP contribution in [0, 0.1) is 6.92 Å². The molecule has 1 amide bonds. The van der Waals surface area contributed by atoms with Crippen LogP contribution in [0.25, 0.3) is 0 Å². The van der Waals surface area contributed by atoms with E-state index in [0.717, 1.165) is 11.1 Å². The van der Waals surface area contributed by atoms with Crippen LogP contribution in [0.2, 0.25) is 0 Å². The van der Waals surface area contributed by atoms with Crippen molar-refractivity contribution in [2.45, 2.75) is 26.8 Å². The summed E-state index contributed by atoms with van der Waals surface area (Å²) >= 11 is 5.45. The van der Waals surface area contributed by atoms with Gasteiger partial charge in [0.25, 0.3) is 5.91 Å². The smallest absolute Gasteiger partial charge is 0.307 e. The van der Waals surface area contributed by atoms with Gasteiger partial charge >= 0.3 is 5.97 Å². The lowest BCUT2D eigenvalue weighted by molar-refractivity contribution is -0.143. The zero-order chi connectivity index (χ0) is 19.6. The van der Waals surface area contributed by atoms with Gasteiger partial charge in [-0.15, -0.1) is 0 Å². The summed E-state index contributed by atoms with van der Waals surface area (Å²) in [4.78, 5) is 26.1. The minimum Gasteiger partial charge on any atom is -0.466 e. The third-order valence-electron chi connectivity index (χ3n) is 4.00. The van der Waals surface area contributed by atoms with Crippen molar-refractivity contribution in [3.63, 3.8) is 0 Å². The molecule has 2 aromatic rings. The molecule has 0 spiro atoms. The van der Waals surface area contributed by atoms with E-state index in [0.29, 0.717) is 25.3 Å². The van der Waals surface area contributed by atoms with Crippen molar-refractivity contribution in [3.8, 4) is 0 Å². The zero-order valence-electron chi connectivity index (χ0n) is 15.6. The van der Waals surface area contributed by atoms with Crippen LogP contribution >= 0.6 is 12.2 Å². The van der Waals surface area contributed by atoms with Crippen LogP contribution in [-0.4, -0.2) is 35.0 Å². The Kier molecular flexibility index (Phi) is 7.95. The molecule has 0 aromatic heterocycles. The summed E-state index contributed by atoms with van der Waals surface area (Å²) in [5.74, 6) is -0.545. The van der Waals surface area contributed by atoms with Crippen molar-refractivity contribution < 1.29 is 14.3 Å². The number of nitrogens with zero attached hydrogens (tertiary/aromatic N) is 1. The molecular weight excluding hydrogens is 360 g/mol. The van der Waals surface area contributed by atoms with E-state index in [1.165, 1.54) is 0 Å². The van der Waals surface area contributed by atoms with Crippen LogP contribution in [0.3, 0.4) is 0 Å². The Balaban J connectivity index is 2.08. The first-order chi connectivity index (χ1) is 13.0. The van der Waals surface area contributed by atoms with E-state index in [-0.39, 0.29) is 23.4 Å². The number of carbonyl (C=O) groups is 2. The average molecular weight is 385 g/mol. The summed E-state index contributed by atoms with van der Waals surface area (Å²) in [5, 5.41) is 3.07. The number of nitrogens with one attached hydrogen (secondary N) is 1. The second kappa shape index (κ2) is 10.4. The number of ether oxygens (including phenoxy) is 1. The van der Waals surface area contributed by atoms with Gasteiger partial charge in [-0.2, -0.15) is 0 Å². The van der Waals surface area contributed by atoms with E-state index in [1.807, 2.05) is 55.5 Å². The highest BCUT2D eigenvalue weighted by Gasteiger charge is 2.17. The number of rotatable bonds is 7. The number of aryl methyl sites for hydroxylation is 1. The lowest BCUT2D eigenvalue weighted by Crippen LogP contribution is -2.43. The second-order valence-electron chi connectivity index (χ2n) is 6.04. The van der Waals surface area contributed by atoms with Crippen molar-refractivity contribution in [3.05, 3.63) is 71.3 Å². The molecule has 0 saturated heterocycles. The number of carbonyl (C=O) groups excluding carboxylic acids is 2. The van der Waals surface area contributed by atoms with Crippen molar-refractivity contribution in [2.75, 3.05) is 13.2 Å². The Morgan fingerprint density at radius 3 is 2.41 bits per heavy atom. The quantitative estimate of drug-likeness (QED) is 0.585. The Morgan fingerprint density at radius 2 is 1.74 bits per heavy atom. The summed E-state index contributed by atoms with van der Waals surface area (Å²) in [6.45, 7) is 4.84. The summed E-state index contributed by atoms with van der Waals surface area (Å²) in [6, 6.07) is 17.1. The predicted molar refractivity (Wildman–Crippen MR) is 109 cm³/mol. The molecule has 0 unspecified atom stereocenters. The van der Waals surface area contributed by atoms with Gasteiger partial charge in [0.2, 0.25) is 0 Å². The molecule has 2 rings (SSSR count). The van der Waals surface area contributed by atoms with Crippen molar-refractivity contribution in [1.82, 2.24) is 10.2 Å². The van der Waals surface area contributed by atoms with Gasteiger partial charge in [-0.05, 0) is 43.3 Å². The number of esters is 1. The average Bonchev–Trinajstić information content (AvgIpc) is 2.66. The normalized spacial score (nSPS) is 10.1. The van der Waals surface area contributed by atoms with Gasteiger partial charge in [-0.3, -0.25) is 14.9 Å². The molecule has 5 nitrogen and oxygen atoms in total. The molecular formula is C21H24N2O3S. The Bertz CT molecular complexity index is 793. The molecule has 0 aliphatic rings. The first-order valence-electron chi connectivity index (χ1n) is 8.86. The maximum Gasteiger partial charge on any atom is 0.307 e. The second-order valence-corrected chi connectivity index (χ2v) is 6.42. The molecule has 142 valence electrons. The standard InChI is InChI=1S/C21H24N2O3S/c1-3-26-19(24)13-14-23(15-17-10-5-4-6-11-17)21(27)22-20(25)18-12-8-7-9-16(18)2/h4-12H,3,13-15H2,1-2H3,(H,22,25,27). The zero-order valence-corrected chi connectivity index (χ0v) is 16.4. The fourth-order valence-electron chi connectivity index (χ4n) is 2.59. The molecule has 0 aliphatic carbocycles. The Hall–Kier alpha value is -2.73. The first-order valence-corrected chi connectivity index (χ1v) is 9.27. The first kappa shape index (κ1) is 20.6. The largest absolute Gasteiger partial charge is 0.466 e. The van der Waals surface area contributed by atoms with Gasteiger partial charge in [0.1, 0.15) is 0 Å². The molecule has 27 heavy (non-hydrogen) atoms. The molecule has 0 saturated carbocycles. The van der Waals surface area contributed by atoms with E-state index in [4.69, 9.17) is 17.0 Å². The van der Waals surface area contributed by atoms with Gasteiger partial charge < -0.3 is 9.64 Å². The molecule has 1 N–H and O–H groups in total. The van der Waals surface area contributed by atoms with Crippen LogP contribution in [0.15, 0.2) is 54.6 Å². The minimum absolute atomic E-state index is 0.195. The maximum absolute atomic E-state index is 12.6. The maximum atomic E-state index is 12.6. The summed E-state index contributed by atoms with van der Waals surface area (Å²) < 4.78 is 4.99. The lowest BCUT2D eigenvalue weighted by atomic mass is 10.1. The van der Waals surface area contributed by atoms with E-state index in [2.05, 4.69) is 5.32 Å². The van der Waals surface area contributed by atoms with Gasteiger partial charge in [-0.1, -0.05) is 48.5 Å². The third kappa shape index (κ3) is 6.49. The van der Waals surface area contributed by atoms with Crippen LogP contribution in [0.1, 0.15) is 34.8 Å². The van der Waals surface area contributed by atoms with E-state index >= 15 is 0 Å². The third-order valence-corrected chi connectivity index (χ3v) is 4.37. The van der Waals surface area contributed by atoms with Crippen LogP contribution in [-0.2, 0) is 16.1 Å². The monoisotopic (exact) mass is 384 g/mol. The topological polar surface area (TPSA) is 58.6 Å². The molecule has 0 fully saturated rings. The highest BCUT2D eigenvalue weighted by atomic mass is 32.1. The highest BCUT2D eigenvalue weighted by molar-refractivity contribution is 7.80. The molecule has 6 heteroatoms. The Morgan fingerprint density at radius 1 is 1.07 bits per heavy atom. The fourth-order valence-corrected chi connectivity index (χ4v) is 2.84.